The molecule has 1 aliphatic heterocycles. The first kappa shape index (κ1) is 6.62. The monoisotopic (exact) mass is 142 g/mol. The van der Waals surface area contributed by atoms with Gasteiger partial charge in [-0.05, 0) is 25.2 Å². The van der Waals surface area contributed by atoms with Gasteiger partial charge in [0.05, 0.1) is 6.10 Å². The molecule has 2 fully saturated rings. The summed E-state index contributed by atoms with van der Waals surface area (Å²) in [5.41, 5.74) is 0. The highest BCUT2D eigenvalue weighted by atomic mass is 16.7. The zero-order valence-corrected chi connectivity index (χ0v) is 6.38. The Morgan fingerprint density at radius 2 is 2.20 bits per heavy atom. The fourth-order valence-corrected chi connectivity index (χ4v) is 2.06. The summed E-state index contributed by atoms with van der Waals surface area (Å²) in [6.45, 7) is 0. The fraction of sp³-hybridized carbons (Fsp3) is 1.00. The molecule has 10 heavy (non-hydrogen) atoms. The van der Waals surface area contributed by atoms with Crippen molar-refractivity contribution < 1.29 is 9.47 Å². The molecule has 0 unspecified atom stereocenters. The average Bonchev–Trinajstić information content (AvgIpc) is 2.30. The molecule has 2 aliphatic rings. The van der Waals surface area contributed by atoms with Crippen molar-refractivity contribution >= 4 is 0 Å². The Bertz CT molecular complexity index is 112. The van der Waals surface area contributed by atoms with E-state index in [9.17, 15) is 0 Å². The lowest BCUT2D eigenvalue weighted by Gasteiger charge is -2.26. The van der Waals surface area contributed by atoms with Crippen LogP contribution in [0, 0.1) is 5.92 Å². The van der Waals surface area contributed by atoms with E-state index in [4.69, 9.17) is 9.47 Å². The van der Waals surface area contributed by atoms with Crippen LogP contribution in [0.4, 0.5) is 0 Å². The molecule has 3 atom stereocenters. The van der Waals surface area contributed by atoms with Crippen molar-refractivity contribution in [1.29, 1.82) is 0 Å². The number of methoxy groups -OCH3 is 1. The van der Waals surface area contributed by atoms with Gasteiger partial charge in [0.25, 0.3) is 0 Å². The molecule has 0 aromatic heterocycles. The lowest BCUT2D eigenvalue weighted by Crippen LogP contribution is -2.27. The Morgan fingerprint density at radius 3 is 2.90 bits per heavy atom. The van der Waals surface area contributed by atoms with Gasteiger partial charge in [-0.2, -0.15) is 0 Å². The maximum absolute atomic E-state index is 5.60. The molecule has 0 aromatic carbocycles. The number of rotatable bonds is 1. The van der Waals surface area contributed by atoms with Gasteiger partial charge in [-0.15, -0.1) is 0 Å². The molecular formula is C8H14O2. The number of fused-ring (bicyclic) bond motifs is 2. The largest absolute Gasteiger partial charge is 0.356 e. The summed E-state index contributed by atoms with van der Waals surface area (Å²) in [4.78, 5) is 0. The average molecular weight is 142 g/mol. The Kier molecular flexibility index (Phi) is 1.66. The normalized spacial score (nSPS) is 45.9. The van der Waals surface area contributed by atoms with Gasteiger partial charge >= 0.3 is 0 Å². The van der Waals surface area contributed by atoms with Gasteiger partial charge in [0.2, 0.25) is 0 Å². The Balaban J connectivity index is 1.96. The number of hydrogen-bond acceptors (Lipinski definition) is 2. The second kappa shape index (κ2) is 2.51. The van der Waals surface area contributed by atoms with Crippen molar-refractivity contribution in [2.45, 2.75) is 38.1 Å². The van der Waals surface area contributed by atoms with E-state index in [-0.39, 0.29) is 6.29 Å². The van der Waals surface area contributed by atoms with E-state index in [0.717, 1.165) is 12.3 Å². The van der Waals surface area contributed by atoms with E-state index >= 15 is 0 Å². The van der Waals surface area contributed by atoms with Gasteiger partial charge in [-0.25, -0.2) is 0 Å². The first-order chi connectivity index (χ1) is 4.88. The zero-order valence-electron chi connectivity index (χ0n) is 6.38. The van der Waals surface area contributed by atoms with E-state index < -0.39 is 0 Å². The molecule has 1 heterocycles. The van der Waals surface area contributed by atoms with E-state index in [0.29, 0.717) is 6.10 Å². The molecular weight excluding hydrogens is 128 g/mol. The van der Waals surface area contributed by atoms with Crippen LogP contribution in [0.2, 0.25) is 0 Å². The highest BCUT2D eigenvalue weighted by Gasteiger charge is 2.34. The molecule has 0 amide bonds. The van der Waals surface area contributed by atoms with E-state index in [1.807, 2.05) is 0 Å². The summed E-state index contributed by atoms with van der Waals surface area (Å²) >= 11 is 0. The molecule has 2 nitrogen and oxygen atoms in total. The van der Waals surface area contributed by atoms with Crippen LogP contribution < -0.4 is 0 Å². The summed E-state index contributed by atoms with van der Waals surface area (Å²) in [6.07, 6.45) is 5.62. The molecule has 0 radical (unpaired) electrons. The van der Waals surface area contributed by atoms with E-state index in [2.05, 4.69) is 0 Å². The van der Waals surface area contributed by atoms with Gasteiger partial charge in [-0.1, -0.05) is 0 Å². The fourth-order valence-electron chi connectivity index (χ4n) is 2.06. The van der Waals surface area contributed by atoms with Crippen LogP contribution in [0.1, 0.15) is 25.7 Å². The van der Waals surface area contributed by atoms with Crippen LogP contribution >= 0.6 is 0 Å². The number of ether oxygens (including phenoxy) is 2. The van der Waals surface area contributed by atoms with Crippen molar-refractivity contribution in [3.63, 3.8) is 0 Å². The van der Waals surface area contributed by atoms with Gasteiger partial charge in [0.15, 0.2) is 6.29 Å². The third-order valence-electron chi connectivity index (χ3n) is 2.63. The maximum atomic E-state index is 5.60. The summed E-state index contributed by atoms with van der Waals surface area (Å²) < 4.78 is 10.8. The molecule has 1 saturated carbocycles. The van der Waals surface area contributed by atoms with Crippen molar-refractivity contribution in [3.05, 3.63) is 0 Å². The standard InChI is InChI=1S/C8H14O2/c1-9-8-5-6-2-3-7(4-6)10-8/h6-8H,2-5H2,1H3/t6-,7+,8+/m0/s1. The molecule has 2 bridgehead atoms. The second-order valence-corrected chi connectivity index (χ2v) is 3.34. The van der Waals surface area contributed by atoms with Gasteiger partial charge in [0.1, 0.15) is 0 Å². The minimum Gasteiger partial charge on any atom is -0.356 e. The van der Waals surface area contributed by atoms with Crippen molar-refractivity contribution in [2.24, 2.45) is 5.92 Å². The second-order valence-electron chi connectivity index (χ2n) is 3.34. The van der Waals surface area contributed by atoms with Crippen LogP contribution in [0.15, 0.2) is 0 Å². The summed E-state index contributed by atoms with van der Waals surface area (Å²) in [5, 5.41) is 0. The van der Waals surface area contributed by atoms with Crippen molar-refractivity contribution in [2.75, 3.05) is 7.11 Å². The lowest BCUT2D eigenvalue weighted by atomic mass is 10.0. The maximum Gasteiger partial charge on any atom is 0.157 e. The third kappa shape index (κ3) is 1.06. The predicted molar refractivity (Wildman–Crippen MR) is 37.6 cm³/mol. The van der Waals surface area contributed by atoms with Gasteiger partial charge in [-0.3, -0.25) is 0 Å². The van der Waals surface area contributed by atoms with E-state index in [1.54, 1.807) is 7.11 Å². The Labute approximate surface area is 61.5 Å². The van der Waals surface area contributed by atoms with Crippen LogP contribution in [0.25, 0.3) is 0 Å². The topological polar surface area (TPSA) is 18.5 Å². The Morgan fingerprint density at radius 1 is 1.30 bits per heavy atom. The predicted octanol–water partition coefficient (Wildman–Crippen LogP) is 1.55. The quantitative estimate of drug-likeness (QED) is 0.553. The first-order valence-electron chi connectivity index (χ1n) is 4.06. The van der Waals surface area contributed by atoms with Crippen LogP contribution in [0.3, 0.4) is 0 Å². The molecule has 2 rings (SSSR count). The molecule has 1 saturated heterocycles. The first-order valence-corrected chi connectivity index (χ1v) is 4.06. The highest BCUT2D eigenvalue weighted by molar-refractivity contribution is 4.81. The minimum absolute atomic E-state index is 0.103. The SMILES string of the molecule is CO[C@H]1C[C@H]2CC[C@H](C2)O1. The number of hydrogen-bond donors (Lipinski definition) is 0. The summed E-state index contributed by atoms with van der Waals surface area (Å²) in [5.74, 6) is 0.892. The Hall–Kier alpha value is -0.0800. The summed E-state index contributed by atoms with van der Waals surface area (Å²) in [7, 11) is 1.73. The van der Waals surface area contributed by atoms with E-state index in [1.165, 1.54) is 19.3 Å². The molecule has 2 heteroatoms. The molecule has 1 aliphatic carbocycles. The van der Waals surface area contributed by atoms with Gasteiger partial charge < -0.3 is 9.47 Å². The van der Waals surface area contributed by atoms with Crippen LogP contribution in [-0.4, -0.2) is 19.5 Å². The van der Waals surface area contributed by atoms with Crippen molar-refractivity contribution in [1.82, 2.24) is 0 Å². The lowest BCUT2D eigenvalue weighted by molar-refractivity contribution is -0.176. The third-order valence-corrected chi connectivity index (χ3v) is 2.63. The van der Waals surface area contributed by atoms with Crippen LogP contribution in [-0.2, 0) is 9.47 Å². The molecule has 0 N–H and O–H groups in total. The molecule has 0 aromatic rings. The van der Waals surface area contributed by atoms with Crippen molar-refractivity contribution in [3.8, 4) is 0 Å². The minimum atomic E-state index is 0.103. The smallest absolute Gasteiger partial charge is 0.157 e. The van der Waals surface area contributed by atoms with Gasteiger partial charge in [0, 0.05) is 13.5 Å². The molecule has 0 spiro atoms. The molecule has 58 valence electrons. The van der Waals surface area contributed by atoms with Crippen LogP contribution in [0.5, 0.6) is 0 Å². The zero-order chi connectivity index (χ0) is 6.97. The summed E-state index contributed by atoms with van der Waals surface area (Å²) in [6, 6.07) is 0. The highest BCUT2D eigenvalue weighted by Crippen LogP contribution is 2.37.